The van der Waals surface area contributed by atoms with E-state index in [1.165, 1.54) is 18.4 Å². The summed E-state index contributed by atoms with van der Waals surface area (Å²) in [5.41, 5.74) is 1.33. The molecule has 1 saturated heterocycles. The van der Waals surface area contributed by atoms with Gasteiger partial charge >= 0.3 is 0 Å². The van der Waals surface area contributed by atoms with Crippen LogP contribution in [-0.2, 0) is 14.3 Å². The van der Waals surface area contributed by atoms with Crippen LogP contribution in [0.1, 0.15) is 57.8 Å². The quantitative estimate of drug-likeness (QED) is 0.680. The summed E-state index contributed by atoms with van der Waals surface area (Å²) in [4.78, 5) is 11.3. The first-order valence-corrected chi connectivity index (χ1v) is 7.30. The first-order valence-electron chi connectivity index (χ1n) is 7.30. The SMILES string of the molecule is O=C1C=C(CCCCOC2CCCCO2)CCC1. The molecule has 1 fully saturated rings. The Bertz CT molecular complexity index is 290. The highest BCUT2D eigenvalue weighted by molar-refractivity contribution is 5.91. The molecular formula is C15H24O3. The average Bonchev–Trinajstić information content (AvgIpc) is 2.40. The first kappa shape index (κ1) is 13.8. The van der Waals surface area contributed by atoms with Gasteiger partial charge in [0.15, 0.2) is 12.1 Å². The summed E-state index contributed by atoms with van der Waals surface area (Å²) in [6.07, 6.45) is 11.4. The molecule has 3 nitrogen and oxygen atoms in total. The molecule has 1 aliphatic carbocycles. The molecule has 0 aromatic heterocycles. The predicted octanol–water partition coefficient (Wildman–Crippen LogP) is 3.38. The van der Waals surface area contributed by atoms with Crippen molar-refractivity contribution in [1.82, 2.24) is 0 Å². The van der Waals surface area contributed by atoms with Crippen molar-refractivity contribution in [3.63, 3.8) is 0 Å². The van der Waals surface area contributed by atoms with Crippen molar-refractivity contribution in [2.24, 2.45) is 0 Å². The highest BCUT2D eigenvalue weighted by Crippen LogP contribution is 2.20. The lowest BCUT2D eigenvalue weighted by molar-refractivity contribution is -0.162. The van der Waals surface area contributed by atoms with Crippen LogP contribution in [0, 0.1) is 0 Å². The Labute approximate surface area is 110 Å². The van der Waals surface area contributed by atoms with Crippen LogP contribution < -0.4 is 0 Å². The fourth-order valence-corrected chi connectivity index (χ4v) is 2.57. The molecule has 1 heterocycles. The zero-order valence-corrected chi connectivity index (χ0v) is 11.2. The molecule has 1 unspecified atom stereocenters. The fourth-order valence-electron chi connectivity index (χ4n) is 2.57. The van der Waals surface area contributed by atoms with E-state index in [1.807, 2.05) is 6.08 Å². The normalized spacial score (nSPS) is 25.0. The van der Waals surface area contributed by atoms with Gasteiger partial charge in [0.25, 0.3) is 0 Å². The molecule has 0 saturated carbocycles. The smallest absolute Gasteiger partial charge is 0.157 e. The molecule has 0 bridgehead atoms. The number of ether oxygens (including phenoxy) is 2. The van der Waals surface area contributed by atoms with Gasteiger partial charge in [-0.1, -0.05) is 5.57 Å². The zero-order chi connectivity index (χ0) is 12.6. The van der Waals surface area contributed by atoms with E-state index in [0.29, 0.717) is 5.78 Å². The second kappa shape index (κ2) is 7.70. The maximum atomic E-state index is 11.3. The third kappa shape index (κ3) is 4.91. The minimum atomic E-state index is 0.0363. The molecular weight excluding hydrogens is 228 g/mol. The lowest BCUT2D eigenvalue weighted by Gasteiger charge is -2.22. The van der Waals surface area contributed by atoms with Gasteiger partial charge in [0.2, 0.25) is 0 Å². The van der Waals surface area contributed by atoms with E-state index in [0.717, 1.165) is 58.2 Å². The van der Waals surface area contributed by atoms with Gasteiger partial charge in [-0.3, -0.25) is 4.79 Å². The van der Waals surface area contributed by atoms with Crippen molar-refractivity contribution >= 4 is 5.78 Å². The summed E-state index contributed by atoms with van der Waals surface area (Å²) >= 11 is 0. The molecule has 0 aromatic rings. The Morgan fingerprint density at radius 3 is 2.94 bits per heavy atom. The van der Waals surface area contributed by atoms with Crippen LogP contribution in [0.15, 0.2) is 11.6 Å². The van der Waals surface area contributed by atoms with Crippen molar-refractivity contribution in [3.8, 4) is 0 Å². The van der Waals surface area contributed by atoms with Gasteiger partial charge in [0.1, 0.15) is 0 Å². The van der Waals surface area contributed by atoms with Gasteiger partial charge < -0.3 is 9.47 Å². The van der Waals surface area contributed by atoms with Crippen LogP contribution in [0.4, 0.5) is 0 Å². The lowest BCUT2D eigenvalue weighted by atomic mass is 9.95. The fraction of sp³-hybridized carbons (Fsp3) is 0.800. The van der Waals surface area contributed by atoms with E-state index in [2.05, 4.69) is 0 Å². The molecule has 18 heavy (non-hydrogen) atoms. The van der Waals surface area contributed by atoms with E-state index in [1.54, 1.807) is 0 Å². The Hall–Kier alpha value is -0.670. The van der Waals surface area contributed by atoms with Gasteiger partial charge in [-0.15, -0.1) is 0 Å². The molecule has 1 aliphatic heterocycles. The topological polar surface area (TPSA) is 35.5 Å². The minimum absolute atomic E-state index is 0.0363. The van der Waals surface area contributed by atoms with E-state index >= 15 is 0 Å². The molecule has 1 atom stereocenters. The Morgan fingerprint density at radius 1 is 1.22 bits per heavy atom. The molecule has 2 aliphatic rings. The summed E-state index contributed by atoms with van der Waals surface area (Å²) < 4.78 is 11.2. The van der Waals surface area contributed by atoms with E-state index in [-0.39, 0.29) is 6.29 Å². The molecule has 2 rings (SSSR count). The number of hydrogen-bond acceptors (Lipinski definition) is 3. The summed E-state index contributed by atoms with van der Waals surface area (Å²) in [6, 6.07) is 0. The highest BCUT2D eigenvalue weighted by Gasteiger charge is 2.13. The van der Waals surface area contributed by atoms with Gasteiger partial charge in [-0.05, 0) is 57.4 Å². The summed E-state index contributed by atoms with van der Waals surface area (Å²) in [5.74, 6) is 0.308. The molecule has 0 amide bonds. The highest BCUT2D eigenvalue weighted by atomic mass is 16.7. The number of unbranched alkanes of at least 4 members (excludes halogenated alkanes) is 1. The van der Waals surface area contributed by atoms with Gasteiger partial charge in [0, 0.05) is 19.6 Å². The molecule has 0 spiro atoms. The number of rotatable bonds is 6. The maximum Gasteiger partial charge on any atom is 0.157 e. The van der Waals surface area contributed by atoms with Gasteiger partial charge in [-0.25, -0.2) is 0 Å². The van der Waals surface area contributed by atoms with Crippen LogP contribution in [-0.4, -0.2) is 25.3 Å². The van der Waals surface area contributed by atoms with Gasteiger partial charge in [0.05, 0.1) is 0 Å². The average molecular weight is 252 g/mol. The third-order valence-electron chi connectivity index (χ3n) is 3.62. The zero-order valence-electron chi connectivity index (χ0n) is 11.2. The standard InChI is InChI=1S/C15H24O3/c16-14-8-5-7-13(12-14)6-1-3-10-17-15-9-2-4-11-18-15/h12,15H,1-11H2. The summed E-state index contributed by atoms with van der Waals surface area (Å²) in [7, 11) is 0. The molecule has 3 heteroatoms. The van der Waals surface area contributed by atoms with Crippen molar-refractivity contribution in [2.75, 3.05) is 13.2 Å². The Balaban J connectivity index is 1.51. The van der Waals surface area contributed by atoms with Crippen LogP contribution in [0.3, 0.4) is 0 Å². The second-order valence-electron chi connectivity index (χ2n) is 5.25. The van der Waals surface area contributed by atoms with Crippen molar-refractivity contribution in [2.45, 2.75) is 64.1 Å². The van der Waals surface area contributed by atoms with Crippen LogP contribution in [0.5, 0.6) is 0 Å². The second-order valence-corrected chi connectivity index (χ2v) is 5.25. The van der Waals surface area contributed by atoms with Crippen molar-refractivity contribution in [3.05, 3.63) is 11.6 Å². The summed E-state index contributed by atoms with van der Waals surface area (Å²) in [5, 5.41) is 0. The maximum absolute atomic E-state index is 11.3. The van der Waals surface area contributed by atoms with Crippen molar-refractivity contribution < 1.29 is 14.3 Å². The monoisotopic (exact) mass is 252 g/mol. The first-order chi connectivity index (χ1) is 8.84. The van der Waals surface area contributed by atoms with Crippen LogP contribution in [0.25, 0.3) is 0 Å². The Kier molecular flexibility index (Phi) is 5.88. The molecule has 0 N–H and O–H groups in total. The van der Waals surface area contributed by atoms with Crippen molar-refractivity contribution in [1.29, 1.82) is 0 Å². The number of hydrogen-bond donors (Lipinski definition) is 0. The summed E-state index contributed by atoms with van der Waals surface area (Å²) in [6.45, 7) is 1.63. The van der Waals surface area contributed by atoms with E-state index < -0.39 is 0 Å². The van der Waals surface area contributed by atoms with E-state index in [4.69, 9.17) is 9.47 Å². The minimum Gasteiger partial charge on any atom is -0.353 e. The van der Waals surface area contributed by atoms with Gasteiger partial charge in [-0.2, -0.15) is 0 Å². The molecule has 102 valence electrons. The van der Waals surface area contributed by atoms with E-state index in [9.17, 15) is 4.79 Å². The Morgan fingerprint density at radius 2 is 2.17 bits per heavy atom. The lowest BCUT2D eigenvalue weighted by Crippen LogP contribution is -2.22. The largest absolute Gasteiger partial charge is 0.353 e. The number of carbonyl (C=O) groups excluding carboxylic acids is 1. The predicted molar refractivity (Wildman–Crippen MR) is 70.3 cm³/mol. The number of carbonyl (C=O) groups is 1. The number of ketones is 1. The molecule has 0 aromatic carbocycles. The third-order valence-corrected chi connectivity index (χ3v) is 3.62. The number of allylic oxidation sites excluding steroid dienone is 2. The van der Waals surface area contributed by atoms with Crippen LogP contribution >= 0.6 is 0 Å². The molecule has 0 radical (unpaired) electrons. The van der Waals surface area contributed by atoms with Crippen LogP contribution in [0.2, 0.25) is 0 Å².